The molecular formula is C21H33NO3. The molecule has 0 aromatic heterocycles. The first-order valence-corrected chi connectivity index (χ1v) is 9.36. The van der Waals surface area contributed by atoms with Gasteiger partial charge in [-0.3, -0.25) is 4.79 Å². The number of rotatable bonds is 4. The average molecular weight is 347 g/mol. The normalized spacial score (nSPS) is 26.0. The summed E-state index contributed by atoms with van der Waals surface area (Å²) in [7, 11) is 5.41. The first-order chi connectivity index (χ1) is 12.0. The molecule has 1 saturated carbocycles. The summed E-state index contributed by atoms with van der Waals surface area (Å²) in [6.45, 7) is 5.64. The number of ether oxygens (including phenoxy) is 2. The van der Waals surface area contributed by atoms with Crippen LogP contribution in [0.4, 0.5) is 0 Å². The molecule has 3 rings (SSSR count). The van der Waals surface area contributed by atoms with Gasteiger partial charge in [0.05, 0.1) is 14.2 Å². The number of para-hydroxylation sites is 2. The minimum atomic E-state index is 0.373. The van der Waals surface area contributed by atoms with Crippen molar-refractivity contribution in [3.8, 4) is 11.5 Å². The minimum absolute atomic E-state index is 0.373. The highest BCUT2D eigenvalue weighted by Gasteiger charge is 2.41. The second-order valence-corrected chi connectivity index (χ2v) is 7.68. The van der Waals surface area contributed by atoms with E-state index in [4.69, 9.17) is 9.47 Å². The van der Waals surface area contributed by atoms with Gasteiger partial charge in [-0.15, -0.1) is 0 Å². The lowest BCUT2D eigenvalue weighted by molar-refractivity contribution is -0.127. The first-order valence-electron chi connectivity index (χ1n) is 9.36. The molecule has 1 aliphatic heterocycles. The van der Waals surface area contributed by atoms with Crippen LogP contribution in [0.15, 0.2) is 24.3 Å². The Morgan fingerprint density at radius 2 is 1.76 bits per heavy atom. The van der Waals surface area contributed by atoms with Crippen molar-refractivity contribution in [1.82, 2.24) is 4.90 Å². The molecule has 25 heavy (non-hydrogen) atoms. The third-order valence-corrected chi connectivity index (χ3v) is 5.46. The predicted molar refractivity (Wildman–Crippen MR) is 101 cm³/mol. The Labute approximate surface area is 152 Å². The van der Waals surface area contributed by atoms with Gasteiger partial charge >= 0.3 is 0 Å². The van der Waals surface area contributed by atoms with Crippen molar-refractivity contribution in [2.45, 2.75) is 45.6 Å². The number of hydrogen-bond donors (Lipinski definition) is 0. The van der Waals surface area contributed by atoms with E-state index in [1.165, 1.54) is 13.0 Å². The maximum Gasteiger partial charge on any atom is 0.160 e. The zero-order valence-electron chi connectivity index (χ0n) is 16.3. The summed E-state index contributed by atoms with van der Waals surface area (Å²) in [5, 5.41) is 0. The smallest absolute Gasteiger partial charge is 0.160 e. The maximum atomic E-state index is 12.0. The van der Waals surface area contributed by atoms with Crippen LogP contribution >= 0.6 is 0 Å². The molecule has 3 unspecified atom stereocenters. The summed E-state index contributed by atoms with van der Waals surface area (Å²) in [5.74, 6) is 3.90. The number of carbonyl (C=O) groups is 1. The molecule has 1 aromatic carbocycles. The van der Waals surface area contributed by atoms with E-state index in [1.54, 1.807) is 14.2 Å². The molecule has 1 saturated heterocycles. The summed E-state index contributed by atoms with van der Waals surface area (Å²) in [5.41, 5.74) is 0. The highest BCUT2D eigenvalue weighted by atomic mass is 16.5. The molecular weight excluding hydrogens is 314 g/mol. The van der Waals surface area contributed by atoms with Crippen molar-refractivity contribution < 1.29 is 14.3 Å². The van der Waals surface area contributed by atoms with Gasteiger partial charge in [0.15, 0.2) is 11.5 Å². The van der Waals surface area contributed by atoms with Crippen LogP contribution in [0.25, 0.3) is 0 Å². The molecule has 1 aromatic rings. The molecule has 4 heteroatoms. The third kappa shape index (κ3) is 5.21. The predicted octanol–water partition coefficient (Wildman–Crippen LogP) is 4.04. The summed E-state index contributed by atoms with van der Waals surface area (Å²) >= 11 is 0. The molecule has 2 fully saturated rings. The fraction of sp³-hybridized carbons (Fsp3) is 0.667. The van der Waals surface area contributed by atoms with Crippen LogP contribution in [0.1, 0.15) is 39.5 Å². The van der Waals surface area contributed by atoms with E-state index >= 15 is 0 Å². The van der Waals surface area contributed by atoms with Crippen molar-refractivity contribution in [3.63, 3.8) is 0 Å². The Bertz CT molecular complexity index is 535. The van der Waals surface area contributed by atoms with Gasteiger partial charge in [-0.25, -0.2) is 0 Å². The topological polar surface area (TPSA) is 38.8 Å². The van der Waals surface area contributed by atoms with Gasteiger partial charge in [0, 0.05) is 18.4 Å². The summed E-state index contributed by atoms with van der Waals surface area (Å²) in [6, 6.07) is 8.10. The Kier molecular flexibility index (Phi) is 7.30. The molecule has 2 aliphatic rings. The Hall–Kier alpha value is -1.55. The molecule has 0 N–H and O–H groups in total. The molecule has 3 atom stereocenters. The fourth-order valence-corrected chi connectivity index (χ4v) is 4.14. The quantitative estimate of drug-likeness (QED) is 0.824. The largest absolute Gasteiger partial charge is 0.493 e. The van der Waals surface area contributed by atoms with E-state index < -0.39 is 0 Å². The van der Waals surface area contributed by atoms with E-state index in [0.717, 1.165) is 36.7 Å². The molecule has 1 heterocycles. The molecule has 0 radical (unpaired) electrons. The maximum absolute atomic E-state index is 12.0. The van der Waals surface area contributed by atoms with Crippen LogP contribution in [0.2, 0.25) is 0 Å². The Balaban J connectivity index is 0.000000196. The molecule has 0 spiro atoms. The second-order valence-electron chi connectivity index (χ2n) is 7.68. The minimum Gasteiger partial charge on any atom is -0.493 e. The average Bonchev–Trinajstić information content (AvgIpc) is 2.95. The van der Waals surface area contributed by atoms with Gasteiger partial charge in [0.2, 0.25) is 0 Å². The van der Waals surface area contributed by atoms with E-state index in [1.807, 2.05) is 24.3 Å². The number of carbonyl (C=O) groups excluding carboxylic acids is 1. The van der Waals surface area contributed by atoms with Crippen LogP contribution in [0.3, 0.4) is 0 Å². The first kappa shape index (κ1) is 19.8. The van der Waals surface area contributed by atoms with Crippen LogP contribution < -0.4 is 9.47 Å². The van der Waals surface area contributed by atoms with Gasteiger partial charge in [-0.05, 0) is 56.8 Å². The number of nitrogens with zero attached hydrogens (tertiary/aromatic N) is 1. The Morgan fingerprint density at radius 1 is 1.16 bits per heavy atom. The molecule has 4 nitrogen and oxygen atoms in total. The van der Waals surface area contributed by atoms with Crippen LogP contribution in [-0.2, 0) is 4.79 Å². The number of ketones is 1. The number of methoxy groups -OCH3 is 2. The van der Waals surface area contributed by atoms with Gasteiger partial charge < -0.3 is 14.4 Å². The van der Waals surface area contributed by atoms with Crippen molar-refractivity contribution in [1.29, 1.82) is 0 Å². The van der Waals surface area contributed by atoms with E-state index in [2.05, 4.69) is 25.8 Å². The summed E-state index contributed by atoms with van der Waals surface area (Å²) in [4.78, 5) is 14.4. The van der Waals surface area contributed by atoms with Gasteiger partial charge in [0.1, 0.15) is 5.78 Å². The molecule has 1 aliphatic carbocycles. The zero-order chi connectivity index (χ0) is 18.4. The van der Waals surface area contributed by atoms with Crippen molar-refractivity contribution in [2.75, 3.05) is 27.8 Å². The number of hydrogen-bond acceptors (Lipinski definition) is 4. The number of fused-ring (bicyclic) bond motifs is 1. The van der Waals surface area contributed by atoms with Crippen molar-refractivity contribution in [2.24, 2.45) is 17.8 Å². The lowest BCUT2D eigenvalue weighted by Gasteiger charge is -2.34. The van der Waals surface area contributed by atoms with Gasteiger partial charge in [0.25, 0.3) is 0 Å². The van der Waals surface area contributed by atoms with Gasteiger partial charge in [-0.1, -0.05) is 26.0 Å². The van der Waals surface area contributed by atoms with Crippen molar-refractivity contribution >= 4 is 5.78 Å². The number of likely N-dealkylation sites (tertiary alicyclic amines) is 1. The second kappa shape index (κ2) is 9.23. The Morgan fingerprint density at radius 3 is 2.28 bits per heavy atom. The lowest BCUT2D eigenvalue weighted by Crippen LogP contribution is -2.39. The van der Waals surface area contributed by atoms with Crippen molar-refractivity contribution in [3.05, 3.63) is 24.3 Å². The summed E-state index contributed by atoms with van der Waals surface area (Å²) in [6.07, 6.45) is 4.39. The highest BCUT2D eigenvalue weighted by molar-refractivity contribution is 5.82. The van der Waals surface area contributed by atoms with E-state index in [9.17, 15) is 4.79 Å². The van der Waals surface area contributed by atoms with E-state index in [-0.39, 0.29) is 0 Å². The van der Waals surface area contributed by atoms with Gasteiger partial charge in [-0.2, -0.15) is 0 Å². The standard InChI is InChI=1S/C13H23NO.C8H10O2/c1-9(2)6-11-7-10-4-5-14(3)12(10)8-13(11)15;1-9-7-5-3-4-6-8(7)10-2/h9-12H,4-8H2,1-3H3;3-6H,1-2H3. The fourth-order valence-electron chi connectivity index (χ4n) is 4.14. The molecule has 0 bridgehead atoms. The SMILES string of the molecule is CC(C)CC1CC2CCN(C)C2CC1=O.COc1ccccc1OC. The molecule has 0 amide bonds. The molecule has 140 valence electrons. The van der Waals surface area contributed by atoms with E-state index in [0.29, 0.717) is 23.7 Å². The lowest BCUT2D eigenvalue weighted by atomic mass is 9.74. The number of benzene rings is 1. The number of Topliss-reactive ketones (excluding diaryl/α,β-unsaturated/α-hetero) is 1. The monoisotopic (exact) mass is 347 g/mol. The van der Waals surface area contributed by atoms with Crippen LogP contribution in [0, 0.1) is 17.8 Å². The van der Waals surface area contributed by atoms with Crippen LogP contribution in [0.5, 0.6) is 11.5 Å². The third-order valence-electron chi connectivity index (χ3n) is 5.46. The zero-order valence-corrected chi connectivity index (χ0v) is 16.3. The van der Waals surface area contributed by atoms with Crippen LogP contribution in [-0.4, -0.2) is 44.5 Å². The highest BCUT2D eigenvalue weighted by Crippen LogP contribution is 2.38. The summed E-state index contributed by atoms with van der Waals surface area (Å²) < 4.78 is 10.0.